The molecule has 4 rings (SSSR count). The molecular formula is C31H33F8N11O5. The number of hydrogen-bond donors (Lipinski definition) is 4. The first kappa shape index (κ1) is 48.5. The van der Waals surface area contributed by atoms with Gasteiger partial charge in [0, 0.05) is 35.4 Å². The molecule has 0 bridgehead atoms. The van der Waals surface area contributed by atoms with E-state index in [1.165, 1.54) is 5.56 Å². The third-order valence-electron chi connectivity index (χ3n) is 6.32. The van der Waals surface area contributed by atoms with Crippen molar-refractivity contribution in [2.75, 3.05) is 32.9 Å². The van der Waals surface area contributed by atoms with Crippen molar-refractivity contribution in [3.63, 3.8) is 0 Å². The summed E-state index contributed by atoms with van der Waals surface area (Å²) in [6, 6.07) is 7.79. The number of hydroxylamine groups is 2. The van der Waals surface area contributed by atoms with Crippen molar-refractivity contribution in [2.24, 2.45) is 16.0 Å². The van der Waals surface area contributed by atoms with Crippen molar-refractivity contribution >= 4 is 40.8 Å². The number of nitrogen functional groups attached to an aromatic ring is 1. The number of nitrogens with one attached hydrogen (secondary N) is 2. The summed E-state index contributed by atoms with van der Waals surface area (Å²) in [7, 11) is 2.95. The van der Waals surface area contributed by atoms with Crippen molar-refractivity contribution in [1.82, 2.24) is 15.7 Å². The lowest BCUT2D eigenvalue weighted by Gasteiger charge is -2.14. The number of benzene rings is 3. The number of nitrogens with two attached hydrogens (primary N) is 2. The second-order valence-electron chi connectivity index (χ2n) is 10.0. The lowest BCUT2D eigenvalue weighted by atomic mass is 10.1. The number of halogens is 8. The van der Waals surface area contributed by atoms with E-state index in [-0.39, 0.29) is 25.3 Å². The maximum Gasteiger partial charge on any atom is 0.370 e. The number of carbonyl (C=O) groups is 4. The number of carbonyl (C=O) groups excluding carboxylic acids is 4. The lowest BCUT2D eigenvalue weighted by Crippen LogP contribution is -2.33. The summed E-state index contributed by atoms with van der Waals surface area (Å²) in [5.74, 6) is -21.6. The molecule has 24 heteroatoms. The van der Waals surface area contributed by atoms with Gasteiger partial charge in [0.25, 0.3) is 17.7 Å². The molecule has 0 aliphatic carbocycles. The van der Waals surface area contributed by atoms with E-state index >= 15 is 0 Å². The van der Waals surface area contributed by atoms with Crippen molar-refractivity contribution in [1.29, 1.82) is 0 Å². The Balaban J connectivity index is 0.000000794. The molecule has 6 N–H and O–H groups in total. The van der Waals surface area contributed by atoms with Crippen molar-refractivity contribution in [3.05, 3.63) is 108 Å². The predicted octanol–water partition coefficient (Wildman–Crippen LogP) is 6.72. The highest BCUT2D eigenvalue weighted by Crippen LogP contribution is 2.32. The van der Waals surface area contributed by atoms with E-state index in [0.717, 1.165) is 32.2 Å². The van der Waals surface area contributed by atoms with Crippen LogP contribution in [-0.2, 0) is 14.4 Å². The maximum atomic E-state index is 13.7. The average Bonchev–Trinajstić information content (AvgIpc) is 3.46. The summed E-state index contributed by atoms with van der Waals surface area (Å²) in [5, 5.41) is 9.65. The zero-order chi connectivity index (χ0) is 41.3. The second-order valence-corrected chi connectivity index (χ2v) is 10.0. The Morgan fingerprint density at radius 2 is 1.18 bits per heavy atom. The highest BCUT2D eigenvalue weighted by atomic mass is 19.2. The number of imide groups is 1. The van der Waals surface area contributed by atoms with Crippen molar-refractivity contribution in [3.8, 4) is 0 Å². The van der Waals surface area contributed by atoms with E-state index in [0.29, 0.717) is 0 Å². The van der Waals surface area contributed by atoms with Gasteiger partial charge in [-0.3, -0.25) is 14.4 Å². The molecule has 1 aliphatic heterocycles. The van der Waals surface area contributed by atoms with Crippen LogP contribution in [-0.4, -0.2) is 55.9 Å². The van der Waals surface area contributed by atoms with E-state index in [2.05, 4.69) is 20.4 Å². The largest absolute Gasteiger partial charge is 0.399 e. The molecule has 0 spiro atoms. The molecule has 0 atom stereocenters. The van der Waals surface area contributed by atoms with Crippen LogP contribution < -0.4 is 22.1 Å². The smallest absolute Gasteiger partial charge is 0.370 e. The molecule has 0 unspecified atom stereocenters. The minimum atomic E-state index is -2.20. The fourth-order valence-electron chi connectivity index (χ4n) is 3.64. The molecule has 1 heterocycles. The van der Waals surface area contributed by atoms with Gasteiger partial charge in [0.05, 0.1) is 0 Å². The fourth-order valence-corrected chi connectivity index (χ4v) is 3.64. The summed E-state index contributed by atoms with van der Waals surface area (Å²) >= 11 is 0. The van der Waals surface area contributed by atoms with Crippen LogP contribution in [0, 0.1) is 53.5 Å². The summed E-state index contributed by atoms with van der Waals surface area (Å²) in [6.45, 7) is 3.87. The molecule has 1 fully saturated rings. The van der Waals surface area contributed by atoms with E-state index in [4.69, 9.17) is 22.5 Å². The Bertz CT molecular complexity index is 1880. The number of aryl methyl sites for hydroxylation is 1. The van der Waals surface area contributed by atoms with E-state index in [9.17, 15) is 54.3 Å². The number of anilines is 1. The van der Waals surface area contributed by atoms with Crippen LogP contribution in [0.2, 0.25) is 0 Å². The van der Waals surface area contributed by atoms with Crippen LogP contribution in [0.15, 0.2) is 34.5 Å². The summed E-state index contributed by atoms with van der Waals surface area (Å²) in [6.07, 6.45) is 0.488. The van der Waals surface area contributed by atoms with Gasteiger partial charge < -0.3 is 26.9 Å². The molecule has 55 heavy (non-hydrogen) atoms. The predicted molar refractivity (Wildman–Crippen MR) is 180 cm³/mol. The van der Waals surface area contributed by atoms with Gasteiger partial charge in [-0.2, -0.15) is 0 Å². The fraction of sp³-hybridized carbons (Fsp3) is 0.290. The Kier molecular flexibility index (Phi) is 20.5. The minimum absolute atomic E-state index is 0. The van der Waals surface area contributed by atoms with Gasteiger partial charge in [0.2, 0.25) is 0 Å². The molecule has 3 aromatic rings. The Morgan fingerprint density at radius 1 is 0.782 bits per heavy atom. The van der Waals surface area contributed by atoms with Crippen LogP contribution in [0.25, 0.3) is 20.9 Å². The van der Waals surface area contributed by atoms with Gasteiger partial charge >= 0.3 is 5.97 Å². The quantitative estimate of drug-likeness (QED) is 0.0278. The summed E-state index contributed by atoms with van der Waals surface area (Å²) in [4.78, 5) is 53.3. The maximum absolute atomic E-state index is 13.7. The normalized spacial score (nSPS) is 11.2. The zero-order valence-electron chi connectivity index (χ0n) is 28.2. The van der Waals surface area contributed by atoms with Crippen LogP contribution in [0.1, 0.15) is 53.0 Å². The Morgan fingerprint density at radius 3 is 1.49 bits per heavy atom. The molecular weight excluding hydrogens is 758 g/mol. The lowest BCUT2D eigenvalue weighted by molar-refractivity contribution is -0.172. The third kappa shape index (κ3) is 12.9. The SMILES string of the molecule is C.CNC(=O)c1c(F)c(F)c(N=[N+]=[N-])c(F)c1F.CNCCCN.Cc1ccc(N)cc1.[N-]=[N+]=Nc1c(F)c(F)c(C(=O)ON2C(=O)CCC2=O)c(F)c1F. The molecule has 3 amide bonds. The molecule has 1 saturated heterocycles. The molecule has 0 radical (unpaired) electrons. The Hall–Kier alpha value is -6.48. The first-order valence-corrected chi connectivity index (χ1v) is 14.7. The Labute approximate surface area is 306 Å². The average molecular weight is 792 g/mol. The molecule has 1 aliphatic rings. The van der Waals surface area contributed by atoms with Gasteiger partial charge in [0.1, 0.15) is 22.5 Å². The van der Waals surface area contributed by atoms with Gasteiger partial charge in [-0.1, -0.05) is 35.4 Å². The zero-order valence-corrected chi connectivity index (χ0v) is 28.2. The summed E-state index contributed by atoms with van der Waals surface area (Å²) in [5.41, 5.74) is 22.4. The van der Waals surface area contributed by atoms with E-state index in [1.807, 2.05) is 53.4 Å². The molecule has 0 aromatic heterocycles. The van der Waals surface area contributed by atoms with Gasteiger partial charge in [0.15, 0.2) is 46.5 Å². The highest BCUT2D eigenvalue weighted by molar-refractivity contribution is 6.03. The number of azide groups is 2. The van der Waals surface area contributed by atoms with Gasteiger partial charge in [-0.05, 0) is 56.7 Å². The summed E-state index contributed by atoms with van der Waals surface area (Å²) < 4.78 is 107. The number of nitrogens with zero attached hydrogens (tertiary/aromatic N) is 7. The van der Waals surface area contributed by atoms with Gasteiger partial charge in [-0.25, -0.2) is 39.9 Å². The number of hydrogen-bond acceptors (Lipinski definition) is 10. The van der Waals surface area contributed by atoms with Crippen LogP contribution in [0.5, 0.6) is 0 Å². The van der Waals surface area contributed by atoms with E-state index < -0.39 is 92.7 Å². The number of rotatable bonds is 8. The van der Waals surface area contributed by atoms with Crippen LogP contribution >= 0.6 is 0 Å². The molecule has 16 nitrogen and oxygen atoms in total. The monoisotopic (exact) mass is 791 g/mol. The standard InChI is InChI=1S/C11H4F4N4O4.C8H4F4N4O.C7H9N.C4H12N2.CH4/c12-6-5(7(13)9(15)10(8(6)14)17-18-16)11(22)23-19-3(20)1-2-4(19)21;1-14-8(17)2-3(9)5(11)7(15-16-13)6(12)4(2)10;1-6-2-4-7(8)5-3-6;1-6-4-2-3-5;/h1-2H2;1H3,(H,14,17);2-5H,8H2,1H3;6H,2-5H2,1H3;1H4. The van der Waals surface area contributed by atoms with Crippen LogP contribution in [0.3, 0.4) is 0 Å². The molecule has 3 aromatic carbocycles. The first-order chi connectivity index (χ1) is 25.4. The highest BCUT2D eigenvalue weighted by Gasteiger charge is 2.37. The minimum Gasteiger partial charge on any atom is -0.399 e. The van der Waals surface area contributed by atoms with Crippen molar-refractivity contribution < 1.29 is 59.1 Å². The molecule has 0 saturated carbocycles. The van der Waals surface area contributed by atoms with Crippen molar-refractivity contribution in [2.45, 2.75) is 33.6 Å². The first-order valence-electron chi connectivity index (χ1n) is 14.7. The topological polar surface area (TPSA) is 254 Å². The van der Waals surface area contributed by atoms with Gasteiger partial charge in [-0.15, -0.1) is 5.06 Å². The van der Waals surface area contributed by atoms with E-state index in [1.54, 1.807) is 0 Å². The molecule has 298 valence electrons. The third-order valence-corrected chi connectivity index (χ3v) is 6.32. The number of amides is 3. The van der Waals surface area contributed by atoms with Crippen LogP contribution in [0.4, 0.5) is 52.2 Å². The second kappa shape index (κ2) is 23.2.